The van der Waals surface area contributed by atoms with Crippen LogP contribution in [0.3, 0.4) is 0 Å². The third kappa shape index (κ3) is 6.02. The lowest BCUT2D eigenvalue weighted by molar-refractivity contribution is -0.127. The van der Waals surface area contributed by atoms with Crippen LogP contribution < -0.4 is 10.6 Å². The Kier molecular flexibility index (Phi) is 7.03. The molecule has 1 amide bonds. The van der Waals surface area contributed by atoms with E-state index in [0.717, 1.165) is 19.3 Å². The van der Waals surface area contributed by atoms with E-state index in [4.69, 9.17) is 4.74 Å². The number of fused-ring (bicyclic) bond motifs is 1. The average Bonchev–Trinajstić information content (AvgIpc) is 2.63. The van der Waals surface area contributed by atoms with Crippen molar-refractivity contribution in [3.8, 4) is 0 Å². The van der Waals surface area contributed by atoms with Gasteiger partial charge in [0, 0.05) is 33.8 Å². The number of carbonyl (C=O) groups excluding carboxylic acids is 1. The van der Waals surface area contributed by atoms with E-state index < -0.39 is 0 Å². The van der Waals surface area contributed by atoms with Crippen molar-refractivity contribution >= 4 is 11.9 Å². The molecule has 6 nitrogen and oxygen atoms in total. The minimum atomic E-state index is -0.312. The van der Waals surface area contributed by atoms with Gasteiger partial charge in [-0.15, -0.1) is 0 Å². The van der Waals surface area contributed by atoms with Gasteiger partial charge in [-0.1, -0.05) is 24.3 Å². The molecule has 2 N–H and O–H groups in total. The van der Waals surface area contributed by atoms with Crippen LogP contribution in [0.15, 0.2) is 29.3 Å². The summed E-state index contributed by atoms with van der Waals surface area (Å²) in [5.74, 6) is 0.640. The van der Waals surface area contributed by atoms with E-state index in [1.807, 2.05) is 13.8 Å². The zero-order valence-electron chi connectivity index (χ0n) is 16.6. The largest absolute Gasteiger partial charge is 0.377 e. The Balaban J connectivity index is 2.03. The molecule has 6 heteroatoms. The van der Waals surface area contributed by atoms with Gasteiger partial charge in [0.05, 0.1) is 5.60 Å². The summed E-state index contributed by atoms with van der Waals surface area (Å²) in [6.07, 6.45) is 3.07. The molecule has 1 atom stereocenters. The van der Waals surface area contributed by atoms with Gasteiger partial charge in [-0.2, -0.15) is 0 Å². The topological polar surface area (TPSA) is 66.0 Å². The number of carbonyl (C=O) groups is 1. The number of guanidine groups is 1. The summed E-state index contributed by atoms with van der Waals surface area (Å²) in [7, 11) is 5.18. The van der Waals surface area contributed by atoms with Gasteiger partial charge in [-0.05, 0) is 44.2 Å². The Morgan fingerprint density at radius 2 is 2.00 bits per heavy atom. The van der Waals surface area contributed by atoms with Gasteiger partial charge >= 0.3 is 0 Å². The number of hydrogen-bond donors (Lipinski definition) is 2. The van der Waals surface area contributed by atoms with Crippen molar-refractivity contribution in [2.75, 3.05) is 34.3 Å². The number of methoxy groups -OCH3 is 1. The fourth-order valence-electron chi connectivity index (χ4n) is 2.82. The first kappa shape index (κ1) is 20.2. The molecule has 0 fully saturated rings. The lowest BCUT2D eigenvalue weighted by atomic mass is 9.88. The molecule has 0 spiro atoms. The maximum atomic E-state index is 11.9. The highest BCUT2D eigenvalue weighted by Gasteiger charge is 2.21. The van der Waals surface area contributed by atoms with Crippen molar-refractivity contribution in [3.05, 3.63) is 35.4 Å². The van der Waals surface area contributed by atoms with Crippen molar-refractivity contribution in [1.29, 1.82) is 0 Å². The molecule has 0 aromatic heterocycles. The predicted octanol–water partition coefficient (Wildman–Crippen LogP) is 1.59. The number of ether oxygens (including phenoxy) is 1. The monoisotopic (exact) mass is 360 g/mol. The second-order valence-corrected chi connectivity index (χ2v) is 7.62. The molecule has 1 unspecified atom stereocenters. The van der Waals surface area contributed by atoms with E-state index in [9.17, 15) is 4.79 Å². The van der Waals surface area contributed by atoms with Gasteiger partial charge in [0.2, 0.25) is 5.91 Å². The molecule has 1 aromatic rings. The Morgan fingerprint density at radius 1 is 1.31 bits per heavy atom. The minimum Gasteiger partial charge on any atom is -0.377 e. The van der Waals surface area contributed by atoms with Crippen molar-refractivity contribution in [2.45, 2.75) is 44.8 Å². The van der Waals surface area contributed by atoms with Crippen LogP contribution in [0.5, 0.6) is 0 Å². The molecule has 0 bridgehead atoms. The van der Waals surface area contributed by atoms with Crippen LogP contribution in [0.4, 0.5) is 0 Å². The Labute approximate surface area is 157 Å². The number of rotatable bonds is 6. The number of benzene rings is 1. The molecule has 0 radical (unpaired) electrons. The van der Waals surface area contributed by atoms with Crippen LogP contribution in [0.1, 0.15) is 31.4 Å². The normalized spacial score (nSPS) is 17.4. The predicted molar refractivity (Wildman–Crippen MR) is 105 cm³/mol. The van der Waals surface area contributed by atoms with Crippen molar-refractivity contribution < 1.29 is 9.53 Å². The van der Waals surface area contributed by atoms with Crippen molar-refractivity contribution in [3.63, 3.8) is 0 Å². The molecular weight excluding hydrogens is 328 g/mol. The second-order valence-electron chi connectivity index (χ2n) is 7.62. The summed E-state index contributed by atoms with van der Waals surface area (Å²) in [5, 5.41) is 6.82. The van der Waals surface area contributed by atoms with E-state index >= 15 is 0 Å². The van der Waals surface area contributed by atoms with E-state index in [1.165, 1.54) is 11.1 Å². The highest BCUT2D eigenvalue weighted by atomic mass is 16.5. The third-order valence-electron chi connectivity index (χ3n) is 4.79. The quantitative estimate of drug-likeness (QED) is 0.597. The van der Waals surface area contributed by atoms with E-state index in [2.05, 4.69) is 39.9 Å². The number of aliphatic imine (C=N–C) groups is 1. The minimum absolute atomic E-state index is 0.0221. The zero-order chi connectivity index (χ0) is 19.2. The summed E-state index contributed by atoms with van der Waals surface area (Å²) >= 11 is 0. The molecular formula is C20H32N4O2. The van der Waals surface area contributed by atoms with E-state index in [-0.39, 0.29) is 18.1 Å². The molecule has 0 aliphatic heterocycles. The maximum absolute atomic E-state index is 11.9. The maximum Gasteiger partial charge on any atom is 0.243 e. The Morgan fingerprint density at radius 3 is 2.65 bits per heavy atom. The van der Waals surface area contributed by atoms with Crippen LogP contribution in [-0.2, 0) is 22.4 Å². The van der Waals surface area contributed by atoms with Gasteiger partial charge < -0.3 is 20.3 Å². The number of aryl methyl sites for hydroxylation is 1. The highest BCUT2D eigenvalue weighted by molar-refractivity contribution is 5.85. The van der Waals surface area contributed by atoms with Gasteiger partial charge in [-0.3, -0.25) is 4.79 Å². The average molecular weight is 361 g/mol. The Hall–Kier alpha value is -2.08. The molecule has 144 valence electrons. The standard InChI is InChI=1S/C20H32N4O2/c1-20(2,26-5)14-22-19(21-13-18(25)24(3)4)23-17-11-10-15-8-6-7-9-16(15)12-17/h6-9,17H,10-14H2,1-5H3,(H2,21,22,23). The second kappa shape index (κ2) is 9.03. The molecule has 1 aromatic carbocycles. The number of nitrogens with one attached hydrogen (secondary N) is 2. The summed E-state index contributed by atoms with van der Waals surface area (Å²) < 4.78 is 5.47. The van der Waals surface area contributed by atoms with Crippen LogP contribution >= 0.6 is 0 Å². The first-order valence-electron chi connectivity index (χ1n) is 9.17. The van der Waals surface area contributed by atoms with Crippen LogP contribution in [0.2, 0.25) is 0 Å². The number of hydrogen-bond acceptors (Lipinski definition) is 3. The lowest BCUT2D eigenvalue weighted by Crippen LogP contribution is -2.50. The zero-order valence-corrected chi connectivity index (χ0v) is 16.6. The Bertz CT molecular complexity index is 640. The van der Waals surface area contributed by atoms with E-state index in [0.29, 0.717) is 18.5 Å². The molecule has 0 saturated heterocycles. The highest BCUT2D eigenvalue weighted by Crippen LogP contribution is 2.21. The first-order valence-corrected chi connectivity index (χ1v) is 9.17. The summed E-state index contributed by atoms with van der Waals surface area (Å²) in [4.78, 5) is 17.9. The van der Waals surface area contributed by atoms with E-state index in [1.54, 1.807) is 26.1 Å². The molecule has 1 aliphatic carbocycles. The SMILES string of the molecule is COC(C)(C)CNC(=NCC(=O)N(C)C)NC1CCc2ccccc2C1. The van der Waals surface area contributed by atoms with Gasteiger partial charge in [0.25, 0.3) is 0 Å². The number of likely N-dealkylation sites (N-methyl/N-ethyl adjacent to an activating group) is 1. The van der Waals surface area contributed by atoms with Gasteiger partial charge in [0.1, 0.15) is 6.54 Å². The fraction of sp³-hybridized carbons (Fsp3) is 0.600. The fourth-order valence-corrected chi connectivity index (χ4v) is 2.82. The summed E-state index contributed by atoms with van der Waals surface area (Å²) in [5.41, 5.74) is 2.50. The van der Waals surface area contributed by atoms with Gasteiger partial charge in [-0.25, -0.2) is 4.99 Å². The number of nitrogens with zero attached hydrogens (tertiary/aromatic N) is 2. The molecule has 0 heterocycles. The van der Waals surface area contributed by atoms with Crippen LogP contribution in [-0.4, -0.2) is 62.7 Å². The van der Waals surface area contributed by atoms with Crippen LogP contribution in [0.25, 0.3) is 0 Å². The smallest absolute Gasteiger partial charge is 0.243 e. The summed E-state index contributed by atoms with van der Waals surface area (Å²) in [6.45, 7) is 4.76. The van der Waals surface area contributed by atoms with Gasteiger partial charge in [0.15, 0.2) is 5.96 Å². The van der Waals surface area contributed by atoms with Crippen molar-refractivity contribution in [1.82, 2.24) is 15.5 Å². The first-order chi connectivity index (χ1) is 12.3. The number of amides is 1. The molecule has 0 saturated carbocycles. The third-order valence-corrected chi connectivity index (χ3v) is 4.79. The lowest BCUT2D eigenvalue weighted by Gasteiger charge is -2.29. The van der Waals surface area contributed by atoms with Crippen LogP contribution in [0, 0.1) is 0 Å². The molecule has 1 aliphatic rings. The molecule has 26 heavy (non-hydrogen) atoms. The molecule has 2 rings (SSSR count). The van der Waals surface area contributed by atoms with Crippen molar-refractivity contribution in [2.24, 2.45) is 4.99 Å². The summed E-state index contributed by atoms with van der Waals surface area (Å²) in [6, 6.07) is 8.88.